The van der Waals surface area contributed by atoms with Crippen LogP contribution in [0.5, 0.6) is 17.4 Å². The monoisotopic (exact) mass is 482 g/mol. The van der Waals surface area contributed by atoms with Gasteiger partial charge in [-0.15, -0.1) is 0 Å². The minimum absolute atomic E-state index is 0.0764. The SMILES string of the molecule is COc1ccc2nccc(CNC[C@@H](O)[C@H](O)[C@H]3CN(c4ccc5c(c4)OCCO5)C(=O)O3)c2n1. The predicted molar refractivity (Wildman–Crippen MR) is 125 cm³/mol. The molecule has 184 valence electrons. The maximum atomic E-state index is 12.5. The number of ether oxygens (including phenoxy) is 4. The summed E-state index contributed by atoms with van der Waals surface area (Å²) in [5.74, 6) is 1.64. The van der Waals surface area contributed by atoms with Gasteiger partial charge in [0.15, 0.2) is 17.6 Å². The van der Waals surface area contributed by atoms with Gasteiger partial charge in [0.2, 0.25) is 5.88 Å². The summed E-state index contributed by atoms with van der Waals surface area (Å²) < 4.78 is 21.6. The van der Waals surface area contributed by atoms with Crippen LogP contribution in [-0.2, 0) is 11.3 Å². The molecule has 1 fully saturated rings. The first-order valence-corrected chi connectivity index (χ1v) is 11.3. The lowest BCUT2D eigenvalue weighted by atomic mass is 10.1. The first kappa shape index (κ1) is 23.1. The molecule has 0 spiro atoms. The van der Waals surface area contributed by atoms with E-state index in [2.05, 4.69) is 15.3 Å². The van der Waals surface area contributed by atoms with Crippen molar-refractivity contribution in [3.05, 3.63) is 48.2 Å². The molecule has 0 saturated carbocycles. The molecule has 1 aromatic carbocycles. The van der Waals surface area contributed by atoms with E-state index in [1.807, 2.05) is 12.1 Å². The van der Waals surface area contributed by atoms with Crippen LogP contribution in [0.1, 0.15) is 5.56 Å². The zero-order valence-electron chi connectivity index (χ0n) is 19.1. The third-order valence-electron chi connectivity index (χ3n) is 5.97. The number of cyclic esters (lactones) is 1. The second kappa shape index (κ2) is 9.90. The van der Waals surface area contributed by atoms with Gasteiger partial charge in [-0.2, -0.15) is 0 Å². The minimum Gasteiger partial charge on any atom is -0.486 e. The minimum atomic E-state index is -1.28. The van der Waals surface area contributed by atoms with Crippen molar-refractivity contribution in [2.24, 2.45) is 0 Å². The summed E-state index contributed by atoms with van der Waals surface area (Å²) in [6, 6.07) is 10.5. The van der Waals surface area contributed by atoms with Gasteiger partial charge < -0.3 is 34.5 Å². The third kappa shape index (κ3) is 4.78. The fourth-order valence-electron chi connectivity index (χ4n) is 4.11. The van der Waals surface area contributed by atoms with Crippen molar-refractivity contribution < 1.29 is 34.0 Å². The molecule has 2 aromatic heterocycles. The van der Waals surface area contributed by atoms with E-state index >= 15 is 0 Å². The molecule has 11 nitrogen and oxygen atoms in total. The van der Waals surface area contributed by atoms with E-state index in [0.29, 0.717) is 48.3 Å². The summed E-state index contributed by atoms with van der Waals surface area (Å²) in [4.78, 5) is 22.6. The lowest BCUT2D eigenvalue weighted by molar-refractivity contribution is -0.0460. The topological polar surface area (TPSA) is 136 Å². The Morgan fingerprint density at radius 3 is 2.83 bits per heavy atom. The number of anilines is 1. The molecule has 3 aromatic rings. The standard InChI is InChI=1S/C24H26N4O7/c1-32-21-5-3-16-22(27-21)14(6-7-26-16)11-25-12-17(29)23(30)20-13-28(24(31)35-20)15-2-4-18-19(10-15)34-9-8-33-18/h2-7,10,17,20,23,25,29-30H,8-9,11-13H2,1H3/t17-,20-,23+/m1/s1. The average molecular weight is 482 g/mol. The number of pyridine rings is 2. The number of hydrogen-bond acceptors (Lipinski definition) is 10. The number of aliphatic hydroxyl groups is 2. The van der Waals surface area contributed by atoms with E-state index in [1.165, 1.54) is 4.90 Å². The number of benzene rings is 1. The molecule has 0 unspecified atom stereocenters. The van der Waals surface area contributed by atoms with E-state index in [-0.39, 0.29) is 13.1 Å². The van der Waals surface area contributed by atoms with Gasteiger partial charge in [-0.3, -0.25) is 9.88 Å². The highest BCUT2D eigenvalue weighted by Crippen LogP contribution is 2.35. The number of methoxy groups -OCH3 is 1. The number of aliphatic hydroxyl groups excluding tert-OH is 2. The Bertz CT molecular complexity index is 1220. The molecule has 1 amide bonds. The number of aromatic nitrogens is 2. The lowest BCUT2D eigenvalue weighted by Crippen LogP contribution is -2.44. The number of amides is 1. The van der Waals surface area contributed by atoms with Crippen LogP contribution < -0.4 is 24.4 Å². The molecule has 1 saturated heterocycles. The van der Waals surface area contributed by atoms with Gasteiger partial charge >= 0.3 is 6.09 Å². The summed E-state index contributed by atoms with van der Waals surface area (Å²) in [5.41, 5.74) is 2.85. The van der Waals surface area contributed by atoms with Gasteiger partial charge in [0.1, 0.15) is 19.3 Å². The Morgan fingerprint density at radius 1 is 1.17 bits per heavy atom. The van der Waals surface area contributed by atoms with Gasteiger partial charge in [-0.1, -0.05) is 0 Å². The normalized spacial score (nSPS) is 18.9. The second-order valence-corrected chi connectivity index (χ2v) is 8.24. The first-order chi connectivity index (χ1) is 17.0. The summed E-state index contributed by atoms with van der Waals surface area (Å²) in [6.45, 7) is 1.46. The Morgan fingerprint density at radius 2 is 2.00 bits per heavy atom. The van der Waals surface area contributed by atoms with Crippen LogP contribution in [0, 0.1) is 0 Å². The summed E-state index contributed by atoms with van der Waals surface area (Å²) in [7, 11) is 1.55. The number of hydrogen-bond donors (Lipinski definition) is 3. The molecule has 0 radical (unpaired) electrons. The highest BCUT2D eigenvalue weighted by Gasteiger charge is 2.39. The number of nitrogens with one attached hydrogen (secondary N) is 1. The molecule has 35 heavy (non-hydrogen) atoms. The molecule has 3 atom stereocenters. The van der Waals surface area contributed by atoms with Crippen molar-refractivity contribution in [2.45, 2.75) is 24.9 Å². The van der Waals surface area contributed by atoms with Crippen molar-refractivity contribution in [1.82, 2.24) is 15.3 Å². The van der Waals surface area contributed by atoms with Gasteiger partial charge in [0, 0.05) is 31.4 Å². The Hall–Kier alpha value is -3.67. The number of nitrogens with zero attached hydrogens (tertiary/aromatic N) is 3. The van der Waals surface area contributed by atoms with E-state index < -0.39 is 24.4 Å². The molecule has 0 aliphatic carbocycles. The number of fused-ring (bicyclic) bond motifs is 2. The summed E-state index contributed by atoms with van der Waals surface area (Å²) >= 11 is 0. The average Bonchev–Trinajstić information content (AvgIpc) is 3.29. The number of carbonyl (C=O) groups excluding carboxylic acids is 1. The van der Waals surface area contributed by atoms with Crippen molar-refractivity contribution in [2.75, 3.05) is 38.3 Å². The zero-order chi connectivity index (χ0) is 24.4. The fraction of sp³-hybridized carbons (Fsp3) is 0.375. The maximum Gasteiger partial charge on any atom is 0.414 e. The van der Waals surface area contributed by atoms with E-state index in [9.17, 15) is 15.0 Å². The molecular formula is C24H26N4O7. The van der Waals surface area contributed by atoms with E-state index in [0.717, 1.165) is 11.1 Å². The van der Waals surface area contributed by atoms with E-state index in [4.69, 9.17) is 18.9 Å². The van der Waals surface area contributed by atoms with Crippen LogP contribution >= 0.6 is 0 Å². The van der Waals surface area contributed by atoms with Crippen LogP contribution in [0.15, 0.2) is 42.6 Å². The quantitative estimate of drug-likeness (QED) is 0.430. The molecule has 0 bridgehead atoms. The molecular weight excluding hydrogens is 456 g/mol. The smallest absolute Gasteiger partial charge is 0.414 e. The summed E-state index contributed by atoms with van der Waals surface area (Å²) in [5, 5.41) is 24.3. The van der Waals surface area contributed by atoms with Crippen LogP contribution in [0.2, 0.25) is 0 Å². The van der Waals surface area contributed by atoms with Crippen molar-refractivity contribution >= 4 is 22.8 Å². The van der Waals surface area contributed by atoms with Crippen LogP contribution in [-0.4, -0.2) is 78.0 Å². The molecule has 3 N–H and O–H groups in total. The Balaban J connectivity index is 1.19. The van der Waals surface area contributed by atoms with Gasteiger partial charge in [0.25, 0.3) is 0 Å². The van der Waals surface area contributed by atoms with Gasteiger partial charge in [-0.05, 0) is 29.8 Å². The zero-order valence-corrected chi connectivity index (χ0v) is 19.1. The molecule has 2 aliphatic rings. The third-order valence-corrected chi connectivity index (χ3v) is 5.97. The van der Waals surface area contributed by atoms with Gasteiger partial charge in [0.05, 0.1) is 36.5 Å². The number of carbonyl (C=O) groups is 1. The van der Waals surface area contributed by atoms with E-state index in [1.54, 1.807) is 37.6 Å². The summed E-state index contributed by atoms with van der Waals surface area (Å²) in [6.07, 6.45) is -2.25. The largest absolute Gasteiger partial charge is 0.486 e. The Kier molecular flexibility index (Phi) is 6.53. The molecule has 5 rings (SSSR count). The lowest BCUT2D eigenvalue weighted by Gasteiger charge is -2.23. The molecule has 4 heterocycles. The maximum absolute atomic E-state index is 12.5. The first-order valence-electron chi connectivity index (χ1n) is 11.3. The van der Waals surface area contributed by atoms with Crippen LogP contribution in [0.25, 0.3) is 11.0 Å². The highest BCUT2D eigenvalue weighted by molar-refractivity contribution is 5.90. The van der Waals surface area contributed by atoms with Crippen LogP contribution in [0.4, 0.5) is 10.5 Å². The Labute approximate surface area is 201 Å². The highest BCUT2D eigenvalue weighted by atomic mass is 16.6. The second-order valence-electron chi connectivity index (χ2n) is 8.24. The van der Waals surface area contributed by atoms with Crippen molar-refractivity contribution in [3.8, 4) is 17.4 Å². The number of rotatable bonds is 8. The predicted octanol–water partition coefficient (Wildman–Crippen LogP) is 1.25. The molecule has 2 aliphatic heterocycles. The molecule has 11 heteroatoms. The van der Waals surface area contributed by atoms with Gasteiger partial charge in [-0.25, -0.2) is 9.78 Å². The van der Waals surface area contributed by atoms with Crippen LogP contribution in [0.3, 0.4) is 0 Å². The van der Waals surface area contributed by atoms with Crippen molar-refractivity contribution in [1.29, 1.82) is 0 Å². The fourth-order valence-corrected chi connectivity index (χ4v) is 4.11. The van der Waals surface area contributed by atoms with Crippen molar-refractivity contribution in [3.63, 3.8) is 0 Å².